The normalized spacial score (nSPS) is 18.0. The number of carbonyl (C=O) groups excluding carboxylic acids is 1. The second-order valence-electron chi connectivity index (χ2n) is 14.4. The molecule has 0 bridgehead atoms. The summed E-state index contributed by atoms with van der Waals surface area (Å²) in [6.07, 6.45) is 4.08. The number of nitrogens with zero attached hydrogens (tertiary/aromatic N) is 4. The van der Waals surface area contributed by atoms with Crippen molar-refractivity contribution in [2.75, 3.05) is 59.5 Å². The van der Waals surface area contributed by atoms with Gasteiger partial charge in [0, 0.05) is 32.2 Å². The number of para-hydroxylation sites is 2. The Hall–Kier alpha value is -5.20. The highest BCUT2D eigenvalue weighted by atomic mass is 16.5. The van der Waals surface area contributed by atoms with E-state index in [4.69, 9.17) is 28.3 Å². The molecular formula is C42H51N5O7. The summed E-state index contributed by atoms with van der Waals surface area (Å²) in [5.74, 6) is 4.82. The average molecular weight is 738 g/mol. The van der Waals surface area contributed by atoms with Gasteiger partial charge in [0.25, 0.3) is 0 Å². The predicted molar refractivity (Wildman–Crippen MR) is 206 cm³/mol. The molecule has 2 aromatic heterocycles. The Labute approximate surface area is 316 Å². The number of amides is 1. The second-order valence-corrected chi connectivity index (χ2v) is 14.4. The first-order valence-electron chi connectivity index (χ1n) is 18.7. The maximum absolute atomic E-state index is 14.6. The molecule has 286 valence electrons. The van der Waals surface area contributed by atoms with Gasteiger partial charge in [-0.05, 0) is 98.3 Å². The summed E-state index contributed by atoms with van der Waals surface area (Å²) in [6, 6.07) is 24.0. The largest absolute Gasteiger partial charge is 0.497 e. The number of hydrogen-bond acceptors (Lipinski definition) is 10. The number of benzene rings is 3. The minimum atomic E-state index is -0.532. The highest BCUT2D eigenvalue weighted by Crippen LogP contribution is 2.42. The number of furan rings is 1. The van der Waals surface area contributed by atoms with Crippen LogP contribution in [0.15, 0.2) is 77.2 Å². The zero-order chi connectivity index (χ0) is 37.7. The van der Waals surface area contributed by atoms with E-state index in [1.54, 1.807) is 28.4 Å². The molecule has 5 aromatic rings. The van der Waals surface area contributed by atoms with E-state index < -0.39 is 5.41 Å². The number of piperidine rings is 1. The molecular weight excluding hydrogens is 686 g/mol. The molecule has 0 saturated carbocycles. The number of likely N-dealkylation sites (tertiary alicyclic amines) is 2. The average Bonchev–Trinajstić information content (AvgIpc) is 3.94. The van der Waals surface area contributed by atoms with E-state index in [9.17, 15) is 9.90 Å². The fourth-order valence-corrected chi connectivity index (χ4v) is 8.15. The molecule has 3 aromatic carbocycles. The number of ether oxygens (including phenoxy) is 4. The Bertz CT molecular complexity index is 1960. The van der Waals surface area contributed by atoms with Crippen LogP contribution in [0.4, 0.5) is 5.95 Å². The number of hydrogen-bond donors (Lipinski definition) is 2. The van der Waals surface area contributed by atoms with Crippen molar-refractivity contribution in [3.05, 3.63) is 95.4 Å². The molecule has 12 nitrogen and oxygen atoms in total. The molecule has 1 unspecified atom stereocenters. The van der Waals surface area contributed by atoms with Crippen LogP contribution >= 0.6 is 0 Å². The third-order valence-electron chi connectivity index (χ3n) is 11.2. The van der Waals surface area contributed by atoms with Crippen molar-refractivity contribution in [1.29, 1.82) is 0 Å². The SMILES string of the molecule is COc1ccc(CC2(CCN3CCC(N(Cc4ccc(CO)o4)c4nc5ccccc5[nH]4)CC3)CCN(Cc3cc(OC)c(OC)c(OC)c3)C2=O)cc1. The highest BCUT2D eigenvalue weighted by molar-refractivity contribution is 5.85. The maximum atomic E-state index is 14.6. The van der Waals surface area contributed by atoms with Gasteiger partial charge >= 0.3 is 0 Å². The maximum Gasteiger partial charge on any atom is 0.229 e. The number of fused-ring (bicyclic) bond motifs is 1. The quantitative estimate of drug-likeness (QED) is 0.121. The van der Waals surface area contributed by atoms with Gasteiger partial charge < -0.3 is 48.2 Å². The Morgan fingerprint density at radius 3 is 2.26 bits per heavy atom. The van der Waals surface area contributed by atoms with Crippen LogP contribution in [0.1, 0.15) is 48.3 Å². The molecule has 12 heteroatoms. The van der Waals surface area contributed by atoms with Crippen LogP contribution in [0.25, 0.3) is 11.0 Å². The molecule has 4 heterocycles. The summed E-state index contributed by atoms with van der Waals surface area (Å²) in [5.41, 5.74) is 3.44. The molecule has 0 radical (unpaired) electrons. The van der Waals surface area contributed by atoms with E-state index >= 15 is 0 Å². The number of H-pyrrole nitrogens is 1. The number of aliphatic hydroxyl groups is 1. The number of nitrogens with one attached hydrogen (secondary N) is 1. The molecule has 2 saturated heterocycles. The van der Waals surface area contributed by atoms with Gasteiger partial charge in [0.2, 0.25) is 17.6 Å². The smallest absolute Gasteiger partial charge is 0.229 e. The fraction of sp³-hybridized carbons (Fsp3) is 0.429. The van der Waals surface area contributed by atoms with Crippen molar-refractivity contribution in [2.24, 2.45) is 5.41 Å². The minimum absolute atomic E-state index is 0.131. The van der Waals surface area contributed by atoms with Gasteiger partial charge in [0.1, 0.15) is 23.9 Å². The van der Waals surface area contributed by atoms with Crippen LogP contribution < -0.4 is 23.8 Å². The second kappa shape index (κ2) is 16.4. The third-order valence-corrected chi connectivity index (χ3v) is 11.2. The fourth-order valence-electron chi connectivity index (χ4n) is 8.15. The van der Waals surface area contributed by atoms with Crippen LogP contribution in [0, 0.1) is 5.41 Å². The number of rotatable bonds is 16. The Morgan fingerprint density at radius 2 is 1.61 bits per heavy atom. The summed E-state index contributed by atoms with van der Waals surface area (Å²) in [4.78, 5) is 29.9. The number of anilines is 1. The molecule has 2 aliphatic heterocycles. The summed E-state index contributed by atoms with van der Waals surface area (Å²) in [5, 5.41) is 9.61. The topological polar surface area (TPSA) is 126 Å². The molecule has 1 atom stereocenters. The molecule has 7 rings (SSSR count). The Kier molecular flexibility index (Phi) is 11.3. The van der Waals surface area contributed by atoms with Gasteiger partial charge in [-0.3, -0.25) is 4.79 Å². The summed E-state index contributed by atoms with van der Waals surface area (Å²) >= 11 is 0. The Balaban J connectivity index is 1.06. The van der Waals surface area contributed by atoms with Crippen LogP contribution in [0.5, 0.6) is 23.0 Å². The lowest BCUT2D eigenvalue weighted by atomic mass is 9.77. The molecule has 54 heavy (non-hydrogen) atoms. The van der Waals surface area contributed by atoms with Crippen LogP contribution in [-0.4, -0.2) is 91.4 Å². The van der Waals surface area contributed by atoms with Crippen LogP contribution in [0.2, 0.25) is 0 Å². The van der Waals surface area contributed by atoms with E-state index in [0.29, 0.717) is 49.1 Å². The van der Waals surface area contributed by atoms with Crippen molar-refractivity contribution < 1.29 is 33.3 Å². The van der Waals surface area contributed by atoms with Gasteiger partial charge in [-0.2, -0.15) is 0 Å². The number of aromatic nitrogens is 2. The van der Waals surface area contributed by atoms with Gasteiger partial charge in [-0.25, -0.2) is 4.98 Å². The lowest BCUT2D eigenvalue weighted by Gasteiger charge is -2.39. The molecule has 0 spiro atoms. The lowest BCUT2D eigenvalue weighted by Crippen LogP contribution is -2.46. The van der Waals surface area contributed by atoms with E-state index in [0.717, 1.165) is 84.9 Å². The number of aromatic amines is 1. The van der Waals surface area contributed by atoms with Crippen molar-refractivity contribution in [1.82, 2.24) is 19.8 Å². The van der Waals surface area contributed by atoms with Crippen molar-refractivity contribution in [3.8, 4) is 23.0 Å². The van der Waals surface area contributed by atoms with Gasteiger partial charge in [-0.1, -0.05) is 24.3 Å². The molecule has 2 N–H and O–H groups in total. The van der Waals surface area contributed by atoms with Crippen LogP contribution in [0.3, 0.4) is 0 Å². The standard InChI is InChI=1S/C42H51N5O7/c1-50-32-11-9-29(10-12-32)25-42(18-22-46(40(42)49)26-30-23-37(51-2)39(53-4)38(24-30)52-3)17-21-45-19-15-31(16-20-45)47(27-33-13-14-34(28-48)54-33)41-43-35-7-5-6-8-36(35)44-41/h5-14,23-24,31,48H,15-22,25-28H2,1-4H3,(H,43,44). The van der Waals surface area contributed by atoms with E-state index in [2.05, 4.69) is 26.9 Å². The highest BCUT2D eigenvalue weighted by Gasteiger charge is 2.46. The predicted octanol–water partition coefficient (Wildman–Crippen LogP) is 6.21. The lowest BCUT2D eigenvalue weighted by molar-refractivity contribution is -0.137. The minimum Gasteiger partial charge on any atom is -0.497 e. The number of carbonyl (C=O) groups is 1. The van der Waals surface area contributed by atoms with Crippen molar-refractivity contribution >= 4 is 22.9 Å². The number of methoxy groups -OCH3 is 4. The monoisotopic (exact) mass is 737 g/mol. The van der Waals surface area contributed by atoms with Gasteiger partial charge in [0.05, 0.1) is 51.4 Å². The van der Waals surface area contributed by atoms with Gasteiger partial charge in [-0.15, -0.1) is 0 Å². The summed E-state index contributed by atoms with van der Waals surface area (Å²) in [6.45, 7) is 4.19. The first-order chi connectivity index (χ1) is 26.3. The molecule has 1 amide bonds. The zero-order valence-electron chi connectivity index (χ0n) is 31.7. The molecule has 2 fully saturated rings. The Morgan fingerprint density at radius 1 is 0.889 bits per heavy atom. The molecule has 2 aliphatic rings. The zero-order valence-corrected chi connectivity index (χ0v) is 31.7. The summed E-state index contributed by atoms with van der Waals surface area (Å²) in [7, 11) is 6.47. The van der Waals surface area contributed by atoms with Gasteiger partial charge in [0.15, 0.2) is 11.5 Å². The number of imidazole rings is 1. The van der Waals surface area contributed by atoms with E-state index in [-0.39, 0.29) is 18.6 Å². The van der Waals surface area contributed by atoms with E-state index in [1.807, 2.05) is 65.6 Å². The number of aliphatic hydroxyl groups excluding tert-OH is 1. The first-order valence-corrected chi connectivity index (χ1v) is 18.7. The molecule has 0 aliphatic carbocycles. The van der Waals surface area contributed by atoms with Crippen molar-refractivity contribution in [2.45, 2.75) is 57.8 Å². The first kappa shape index (κ1) is 37.1. The summed E-state index contributed by atoms with van der Waals surface area (Å²) < 4.78 is 28.1. The van der Waals surface area contributed by atoms with Crippen molar-refractivity contribution in [3.63, 3.8) is 0 Å². The van der Waals surface area contributed by atoms with Crippen LogP contribution in [-0.2, 0) is 30.9 Å². The third kappa shape index (κ3) is 7.85. The van der Waals surface area contributed by atoms with E-state index in [1.165, 1.54) is 0 Å².